The molecule has 0 unspecified atom stereocenters. The first kappa shape index (κ1) is 14.4. The number of carbonyl (C=O) groups excluding carboxylic acids is 1. The number of nitrogens with one attached hydrogen (secondary N) is 2. The summed E-state index contributed by atoms with van der Waals surface area (Å²) in [6.07, 6.45) is 0. The molecule has 6 nitrogen and oxygen atoms in total. The van der Waals surface area contributed by atoms with Gasteiger partial charge >= 0.3 is 6.03 Å². The van der Waals surface area contributed by atoms with E-state index in [1.165, 1.54) is 11.3 Å². The van der Waals surface area contributed by atoms with Crippen molar-refractivity contribution < 1.29 is 9.53 Å². The van der Waals surface area contributed by atoms with Crippen LogP contribution in [0.25, 0.3) is 10.2 Å². The maximum atomic E-state index is 11.8. The summed E-state index contributed by atoms with van der Waals surface area (Å²) in [4.78, 5) is 16.2. The Morgan fingerprint density at radius 1 is 1.40 bits per heavy atom. The van der Waals surface area contributed by atoms with E-state index in [4.69, 9.17) is 10.5 Å². The van der Waals surface area contributed by atoms with Gasteiger partial charge in [-0.15, -0.1) is 0 Å². The molecule has 2 amide bonds. The van der Waals surface area contributed by atoms with Crippen LogP contribution < -0.4 is 21.1 Å². The Hall–Kier alpha value is -2.02. The highest BCUT2D eigenvalue weighted by molar-refractivity contribution is 7.22. The molecule has 108 valence electrons. The molecule has 0 saturated heterocycles. The van der Waals surface area contributed by atoms with Crippen molar-refractivity contribution >= 4 is 38.4 Å². The van der Waals surface area contributed by atoms with E-state index in [0.29, 0.717) is 22.1 Å². The number of hydrogen-bond acceptors (Lipinski definition) is 5. The number of carbonyl (C=O) groups is 1. The van der Waals surface area contributed by atoms with Crippen LogP contribution in [0.3, 0.4) is 0 Å². The Morgan fingerprint density at radius 2 is 2.10 bits per heavy atom. The molecule has 0 fully saturated rings. The third-order valence-electron chi connectivity index (χ3n) is 2.41. The molecule has 0 radical (unpaired) electrons. The van der Waals surface area contributed by atoms with Crippen LogP contribution in [-0.4, -0.2) is 23.7 Å². The van der Waals surface area contributed by atoms with Crippen LogP contribution in [0.4, 0.5) is 15.6 Å². The van der Waals surface area contributed by atoms with Crippen molar-refractivity contribution in [3.05, 3.63) is 12.1 Å². The second-order valence-electron chi connectivity index (χ2n) is 5.42. The minimum Gasteiger partial charge on any atom is -0.494 e. The van der Waals surface area contributed by atoms with Crippen molar-refractivity contribution in [1.29, 1.82) is 0 Å². The van der Waals surface area contributed by atoms with E-state index in [9.17, 15) is 4.79 Å². The maximum Gasteiger partial charge on any atom is 0.321 e. The lowest BCUT2D eigenvalue weighted by Gasteiger charge is -2.19. The molecule has 0 aliphatic heterocycles. The Balaban J connectivity index is 2.26. The number of nitrogens with zero attached hydrogens (tertiary/aromatic N) is 1. The summed E-state index contributed by atoms with van der Waals surface area (Å²) in [7, 11) is 1.56. The van der Waals surface area contributed by atoms with Crippen molar-refractivity contribution in [2.45, 2.75) is 26.3 Å². The molecule has 1 heterocycles. The number of hydrogen-bond donors (Lipinski definition) is 3. The zero-order chi connectivity index (χ0) is 14.9. The van der Waals surface area contributed by atoms with Gasteiger partial charge in [0.1, 0.15) is 11.3 Å². The predicted molar refractivity (Wildman–Crippen MR) is 82.5 cm³/mol. The molecule has 1 aromatic carbocycles. The largest absolute Gasteiger partial charge is 0.494 e. The van der Waals surface area contributed by atoms with Gasteiger partial charge in [-0.05, 0) is 26.8 Å². The lowest BCUT2D eigenvalue weighted by Crippen LogP contribution is -2.43. The minimum absolute atomic E-state index is 0.288. The highest BCUT2D eigenvalue weighted by Gasteiger charge is 2.16. The summed E-state index contributed by atoms with van der Waals surface area (Å²) in [5.74, 6) is 0.598. The van der Waals surface area contributed by atoms with E-state index in [2.05, 4.69) is 15.6 Å². The molecule has 0 aliphatic carbocycles. The number of ether oxygens (including phenoxy) is 1. The fourth-order valence-electron chi connectivity index (χ4n) is 1.70. The SMILES string of the molecule is COc1cc(N)cc2sc(NC(=O)NC(C)(C)C)nc12. The summed E-state index contributed by atoms with van der Waals surface area (Å²) >= 11 is 1.35. The molecule has 2 rings (SSSR count). The second-order valence-corrected chi connectivity index (χ2v) is 6.45. The molecule has 0 aliphatic rings. The minimum atomic E-state index is -0.303. The van der Waals surface area contributed by atoms with Crippen LogP contribution in [0.15, 0.2) is 12.1 Å². The van der Waals surface area contributed by atoms with E-state index in [1.807, 2.05) is 26.8 Å². The van der Waals surface area contributed by atoms with Gasteiger partial charge in [-0.3, -0.25) is 5.32 Å². The number of aromatic nitrogens is 1. The van der Waals surface area contributed by atoms with Crippen LogP contribution in [-0.2, 0) is 0 Å². The van der Waals surface area contributed by atoms with Crippen molar-refractivity contribution in [2.75, 3.05) is 18.2 Å². The molecule has 0 bridgehead atoms. The summed E-state index contributed by atoms with van der Waals surface area (Å²) < 4.78 is 6.11. The predicted octanol–water partition coefficient (Wildman–Crippen LogP) is 2.81. The third-order valence-corrected chi connectivity index (χ3v) is 3.33. The van der Waals surface area contributed by atoms with Crippen LogP contribution in [0.5, 0.6) is 5.75 Å². The van der Waals surface area contributed by atoms with Gasteiger partial charge in [-0.1, -0.05) is 11.3 Å². The fraction of sp³-hybridized carbons (Fsp3) is 0.385. The van der Waals surface area contributed by atoms with Crippen molar-refractivity contribution in [1.82, 2.24) is 10.3 Å². The normalized spacial score (nSPS) is 11.4. The summed E-state index contributed by atoms with van der Waals surface area (Å²) in [5, 5.41) is 6.04. The quantitative estimate of drug-likeness (QED) is 0.743. The molecule has 7 heteroatoms. The van der Waals surface area contributed by atoms with Crippen LogP contribution >= 0.6 is 11.3 Å². The van der Waals surface area contributed by atoms with Gasteiger partial charge in [0, 0.05) is 17.3 Å². The van der Waals surface area contributed by atoms with Gasteiger partial charge in [0.25, 0.3) is 0 Å². The number of thiazole rings is 1. The fourth-order valence-corrected chi connectivity index (χ4v) is 2.62. The van der Waals surface area contributed by atoms with Gasteiger partial charge in [0.2, 0.25) is 0 Å². The Labute approximate surface area is 121 Å². The molecule has 0 saturated carbocycles. The molecule has 2 aromatic rings. The zero-order valence-corrected chi connectivity index (χ0v) is 12.7. The number of fused-ring (bicyclic) bond motifs is 1. The molecular weight excluding hydrogens is 276 g/mol. The Bertz CT molecular complexity index is 646. The van der Waals surface area contributed by atoms with E-state index in [1.54, 1.807) is 13.2 Å². The lowest BCUT2D eigenvalue weighted by atomic mass is 10.1. The highest BCUT2D eigenvalue weighted by Crippen LogP contribution is 2.34. The number of rotatable bonds is 2. The topological polar surface area (TPSA) is 89.3 Å². The second kappa shape index (κ2) is 5.16. The van der Waals surface area contributed by atoms with Crippen LogP contribution in [0, 0.1) is 0 Å². The molecular formula is C13H18N4O2S. The van der Waals surface area contributed by atoms with E-state index in [-0.39, 0.29) is 11.6 Å². The summed E-state index contributed by atoms with van der Waals surface area (Å²) in [6.45, 7) is 5.73. The third kappa shape index (κ3) is 3.30. The van der Waals surface area contributed by atoms with E-state index < -0.39 is 0 Å². The van der Waals surface area contributed by atoms with Gasteiger partial charge in [-0.2, -0.15) is 0 Å². The maximum absolute atomic E-state index is 11.8. The van der Waals surface area contributed by atoms with Gasteiger partial charge in [0.15, 0.2) is 5.13 Å². The average Bonchev–Trinajstić information content (AvgIpc) is 2.66. The summed E-state index contributed by atoms with van der Waals surface area (Å²) in [6, 6.07) is 3.23. The van der Waals surface area contributed by atoms with Crippen molar-refractivity contribution in [3.63, 3.8) is 0 Å². The van der Waals surface area contributed by atoms with Gasteiger partial charge in [-0.25, -0.2) is 9.78 Å². The molecule has 0 spiro atoms. The number of nitrogens with two attached hydrogens (primary N) is 1. The smallest absolute Gasteiger partial charge is 0.321 e. The van der Waals surface area contributed by atoms with E-state index in [0.717, 1.165) is 4.70 Å². The first-order valence-electron chi connectivity index (χ1n) is 6.12. The number of benzene rings is 1. The number of nitrogen functional groups attached to an aromatic ring is 1. The monoisotopic (exact) mass is 294 g/mol. The molecule has 20 heavy (non-hydrogen) atoms. The molecule has 0 atom stereocenters. The lowest BCUT2D eigenvalue weighted by molar-refractivity contribution is 0.244. The van der Waals surface area contributed by atoms with Gasteiger partial charge in [0.05, 0.1) is 11.8 Å². The van der Waals surface area contributed by atoms with Crippen LogP contribution in [0.1, 0.15) is 20.8 Å². The number of urea groups is 1. The standard InChI is InChI=1S/C13H18N4O2S/c1-13(2,3)17-11(18)16-12-15-10-8(19-4)5-7(14)6-9(10)20-12/h5-6H,14H2,1-4H3,(H2,15,16,17,18). The zero-order valence-electron chi connectivity index (χ0n) is 11.9. The molecule has 4 N–H and O–H groups in total. The van der Waals surface area contributed by atoms with Crippen molar-refractivity contribution in [2.24, 2.45) is 0 Å². The first-order chi connectivity index (χ1) is 9.28. The number of amides is 2. The Morgan fingerprint density at radius 3 is 2.70 bits per heavy atom. The van der Waals surface area contributed by atoms with Crippen molar-refractivity contribution in [3.8, 4) is 5.75 Å². The number of methoxy groups -OCH3 is 1. The van der Waals surface area contributed by atoms with Gasteiger partial charge < -0.3 is 15.8 Å². The first-order valence-corrected chi connectivity index (χ1v) is 6.93. The Kier molecular flexibility index (Phi) is 3.71. The van der Waals surface area contributed by atoms with Crippen LogP contribution in [0.2, 0.25) is 0 Å². The average molecular weight is 294 g/mol. The van der Waals surface area contributed by atoms with E-state index >= 15 is 0 Å². The summed E-state index contributed by atoms with van der Waals surface area (Å²) in [5.41, 5.74) is 6.78. The number of anilines is 2. The highest BCUT2D eigenvalue weighted by atomic mass is 32.1. The molecule has 1 aromatic heterocycles.